The number of azide groups is 2. The molecule has 36 atom stereocenters. The lowest BCUT2D eigenvalue weighted by Crippen LogP contribution is -2.36. The molecule has 0 aromatic carbocycles. The van der Waals surface area contributed by atoms with Gasteiger partial charge in [-0.2, -0.15) is 23.4 Å². The Kier molecular flexibility index (Phi) is 56.5. The topological polar surface area (TPSA) is 1240 Å². The summed E-state index contributed by atoms with van der Waals surface area (Å²) in [4.78, 5) is 232. The van der Waals surface area contributed by atoms with Crippen molar-refractivity contribution in [2.75, 3.05) is 52.9 Å². The fourth-order valence-electron chi connectivity index (χ4n) is 9.49. The maximum absolute atomic E-state index is 12.1. The zero-order valence-corrected chi connectivity index (χ0v) is 84.9. The van der Waals surface area contributed by atoms with Gasteiger partial charge in [0.05, 0.1) is 108 Å². The molecule has 0 amide bonds. The van der Waals surface area contributed by atoms with Gasteiger partial charge in [-0.15, -0.1) is 37.0 Å². The molecule has 11 N–H and O–H groups in total. The number of hydrogen-bond acceptors (Lipinski definition) is 68. The quantitative estimate of drug-likeness (QED) is 0.00394. The van der Waals surface area contributed by atoms with Crippen LogP contribution in [0.1, 0.15) is 66.7 Å². The van der Waals surface area contributed by atoms with Crippen molar-refractivity contribution in [3.8, 4) is 37.0 Å². The van der Waals surface area contributed by atoms with E-state index in [0.717, 1.165) is 0 Å². The fourth-order valence-corrected chi connectivity index (χ4v) is 25.6. The molecule has 0 aromatic rings. The van der Waals surface area contributed by atoms with E-state index in [4.69, 9.17) is 92.4 Å². The highest BCUT2D eigenvalue weighted by Gasteiger charge is 2.51. The first-order chi connectivity index (χ1) is 62.6. The largest absolute Gasteiger partial charge is 0.756 e. The molecule has 79 nitrogen and oxygen atoms in total. The second-order valence-corrected chi connectivity index (χ2v) is 50.5. The predicted octanol–water partition coefficient (Wildman–Crippen LogP) is -6.74. The molecule has 5 fully saturated rings. The minimum absolute atomic E-state index is 0.0739. The van der Waals surface area contributed by atoms with Crippen LogP contribution in [0.2, 0.25) is 0 Å². The molecule has 0 aromatic heterocycles. The molecule has 5 heterocycles. The van der Waals surface area contributed by atoms with Gasteiger partial charge < -0.3 is 169 Å². The molecule has 5 aliphatic heterocycles. The van der Waals surface area contributed by atoms with Crippen molar-refractivity contribution >= 4 is 141 Å². The monoisotopic (exact) mass is 2390 g/mol. The average Bonchev–Trinajstić information content (AvgIpc) is 1.64. The second-order valence-electron chi connectivity index (χ2n) is 25.4. The SMILES string of the molecule is C#CCCOP(=O)(O)O[C@@H]1C(O)[C@H](C)O[C@@H]1COP(=O)([O-])O.C#CCCOP(=O)(O)O[C@@H]1C(O)[C@H](C)O[C@@H]1COP(=O)([O-])OOP(=O)([O-])OP(=O)([O-])OP(=O)([O-])O.C#CCCOP(=O)(O)O[C@@H]1C(O)[C@H](C)O[C@@H]1COP(=O)([O-])OOP(=O)([O-])OP(=O)([O-])OP(=O)([O-])OC[C@H]1O[C@@H](C)CC1N=[N+]=[N-].C[C@H]1C[C@@H](N=[N+]=[N-])[C@@H](COP(=O)([O-])OP(=O)([O-])OP(=O)([O-])O)O1.O=P([O-])(O)OP(=O)([O-])OP(=O)([O-])OO. The summed E-state index contributed by atoms with van der Waals surface area (Å²) in [6.45, 7) is 1.43. The summed E-state index contributed by atoms with van der Waals surface area (Å²) in [5.74, 6) is 6.43. The van der Waals surface area contributed by atoms with Gasteiger partial charge in [-0.25, -0.2) is 53.4 Å². The molecule has 5 saturated heterocycles. The molecular weight excluding hydrogens is 2310 g/mol. The van der Waals surface area contributed by atoms with Crippen molar-refractivity contribution in [3.63, 3.8) is 0 Å². The van der Waals surface area contributed by atoms with E-state index >= 15 is 0 Å². The van der Waals surface area contributed by atoms with Gasteiger partial charge in [-0.3, -0.25) is 95.6 Å². The Morgan fingerprint density at radius 3 is 0.799 bits per heavy atom. The van der Waals surface area contributed by atoms with Crippen LogP contribution in [0.3, 0.4) is 0 Å². The number of terminal acetylenes is 3. The maximum atomic E-state index is 12.1. The number of rotatable bonds is 55. The summed E-state index contributed by atoms with van der Waals surface area (Å²) in [6, 6.07) is -1.64. The van der Waals surface area contributed by atoms with Gasteiger partial charge in [-0.05, 0) is 58.5 Å². The molecule has 5 aliphatic rings. The van der Waals surface area contributed by atoms with Gasteiger partial charge in [0.1, 0.15) is 54.9 Å². The highest BCUT2D eigenvalue weighted by molar-refractivity contribution is 7.67. The van der Waals surface area contributed by atoms with E-state index < -0.39 is 291 Å². The zero-order chi connectivity index (χ0) is 108. The van der Waals surface area contributed by atoms with Crippen LogP contribution in [0, 0.1) is 37.0 Å². The number of hydrogen-bond donors (Lipinski definition) is 11. The summed E-state index contributed by atoms with van der Waals surface area (Å²) in [5.41, 5.74) is 16.9. The molecule has 5 rings (SSSR count). The maximum Gasteiger partial charge on any atom is 0.472 e. The second kappa shape index (κ2) is 57.6. The van der Waals surface area contributed by atoms with Crippen molar-refractivity contribution in [2.24, 2.45) is 10.2 Å². The van der Waals surface area contributed by atoms with Crippen LogP contribution in [0.5, 0.6) is 0 Å². The smallest absolute Gasteiger partial charge is 0.472 e. The summed E-state index contributed by atoms with van der Waals surface area (Å²) in [5, 5.41) is 44.3. The first-order valence-corrected chi connectivity index (χ1v) is 61.4. The van der Waals surface area contributed by atoms with Crippen LogP contribution in [-0.2, 0) is 213 Å². The predicted molar refractivity (Wildman–Crippen MR) is 397 cm³/mol. The summed E-state index contributed by atoms with van der Waals surface area (Å²) in [7, 11) is -103. The third-order valence-electron chi connectivity index (χ3n) is 14.3. The van der Waals surface area contributed by atoms with Crippen LogP contribution < -0.4 is 73.4 Å². The van der Waals surface area contributed by atoms with Gasteiger partial charge in [0.15, 0.2) is 0 Å². The van der Waals surface area contributed by atoms with Crippen LogP contribution in [-0.4, -0.2) is 217 Å². The molecule has 0 bridgehead atoms. The van der Waals surface area contributed by atoms with E-state index in [2.05, 4.69) is 132 Å². The van der Waals surface area contributed by atoms with Gasteiger partial charge >= 0.3 is 46.9 Å². The van der Waals surface area contributed by atoms with E-state index in [-0.39, 0.29) is 44.8 Å². The minimum Gasteiger partial charge on any atom is -0.756 e. The van der Waals surface area contributed by atoms with Gasteiger partial charge in [-0.1, -0.05) is 10.2 Å². The van der Waals surface area contributed by atoms with Crippen LogP contribution in [0.25, 0.3) is 20.9 Å². The molecule has 0 aliphatic carbocycles. The third-order valence-corrected chi connectivity index (χ3v) is 34.1. The van der Waals surface area contributed by atoms with Crippen molar-refractivity contribution < 1.29 is 342 Å². The van der Waals surface area contributed by atoms with Gasteiger partial charge in [0, 0.05) is 29.1 Å². The van der Waals surface area contributed by atoms with Gasteiger partial charge in [0.2, 0.25) is 0 Å². The lowest BCUT2D eigenvalue weighted by Gasteiger charge is -2.34. The minimum atomic E-state index is -6.43. The molecule has 97 heteroatoms. The summed E-state index contributed by atoms with van der Waals surface area (Å²) >= 11 is 0. The molecule has 0 radical (unpaired) electrons. The Morgan fingerprint density at radius 1 is 0.324 bits per heavy atom. The number of aliphatic hydroxyl groups is 3. The van der Waals surface area contributed by atoms with E-state index in [1.165, 1.54) is 20.8 Å². The Hall–Kier alpha value is -0.760. The lowest BCUT2D eigenvalue weighted by atomic mass is 10.1. The number of phosphoric ester groups is 8. The number of aliphatic hydroxyl groups excluding tert-OH is 3. The molecule has 0 saturated carbocycles. The molecule has 0 spiro atoms. The standard InChI is InChI=1S/C16H30N3O21P5.C10H21O20P5.C10H18O10P2.C6H14N3O11P3.H5O11P3/c1-4-5-6-31-41(21,22)36-16-14(35-11(3)15(16)20)9-32-42(23,24)37-38-44(27,28)40-45(29,30)39-43(25,26)33-8-13-12(18-19-17)7-10(2)34-13;1-3-4-5-23-32(15,16)26-10-8(25-7(2)9(10)11)6-24-33(17,18)27-28-34(19,20)30-35(21,22)29-31(12,13)14;1-3-4-5-17-22(15,16)20-10-8(6-18-21(12,13)14)19-7(2)9(10)11;1-4-2-5(8-9-7)6(18-4)3-17-22(13,14)20-23(15,16)19-21(10,11)12;1-9-13(5,6)11-14(7,8)10-12(2,3)4/h1,10-16,20H,5-9H2,2-3H3,(H,21,22)(H,23,24)(H,25,26)(H,27,28)(H,29,30);1,7-11H,4-6H2,2H3,(H,15,16)(H,17,18)(H,19,20)(H,21,22)(H2,12,13,14);1,7-11H,4-6H2,2H3,(H,15,16)(H2,12,13,14);4-6H,2-3H2,1H3,(H,13,14)(H,15,16)(H2,10,11,12);1H,(H,5,6)(H,7,8)(H2,2,3,4)/p-15/t10-,11-,12?,13+,14+,15?,16-;2*7-,8+,9?,10-;4-,5+,6+;/m0000./s1. The highest BCUT2D eigenvalue weighted by Crippen LogP contribution is 2.67. The van der Waals surface area contributed by atoms with E-state index in [0.29, 0.717) is 0 Å². The molecule has 22 unspecified atom stereocenters. The number of nitrogens with zero attached hydrogens (tertiary/aromatic N) is 6. The van der Waals surface area contributed by atoms with Crippen LogP contribution >= 0.6 is 141 Å². The summed E-state index contributed by atoms with van der Waals surface area (Å²) in [6.07, 6.45) is -4.50. The van der Waals surface area contributed by atoms with Crippen molar-refractivity contribution in [3.05, 3.63) is 20.9 Å². The Labute approximate surface area is 777 Å². The number of ether oxygens (including phenoxy) is 5. The Morgan fingerprint density at radius 2 is 0.554 bits per heavy atom. The summed E-state index contributed by atoms with van der Waals surface area (Å²) < 4.78 is 318. The Bertz CT molecular complexity index is 5170. The molecular formula is C42H73N6O73P18-15. The first kappa shape index (κ1) is 136. The highest BCUT2D eigenvalue weighted by atomic mass is 31.3. The van der Waals surface area contributed by atoms with E-state index in [1.807, 2.05) is 0 Å². The van der Waals surface area contributed by atoms with Crippen LogP contribution in [0.4, 0.5) is 0 Å². The third kappa shape index (κ3) is 59.6. The van der Waals surface area contributed by atoms with Crippen molar-refractivity contribution in [2.45, 2.75) is 176 Å². The Balaban J connectivity index is 0.000000915. The zero-order valence-electron chi connectivity index (χ0n) is 68.8. The van der Waals surface area contributed by atoms with Crippen molar-refractivity contribution in [1.29, 1.82) is 0 Å². The van der Waals surface area contributed by atoms with E-state index in [1.54, 1.807) is 13.8 Å². The average molecular weight is 2390 g/mol. The molecule has 139 heavy (non-hydrogen) atoms. The van der Waals surface area contributed by atoms with Gasteiger partial charge in [0.25, 0.3) is 93.9 Å². The molecule has 814 valence electrons. The normalized spacial score (nSPS) is 31.9. The first-order valence-electron chi connectivity index (χ1n) is 34.9. The fraction of sp³-hybridized carbons (Fsp3) is 0.857. The lowest BCUT2D eigenvalue weighted by molar-refractivity contribution is -0.312. The van der Waals surface area contributed by atoms with E-state index in [9.17, 15) is 186 Å². The van der Waals surface area contributed by atoms with Crippen molar-refractivity contribution in [1.82, 2.24) is 0 Å². The van der Waals surface area contributed by atoms with Crippen LogP contribution in [0.15, 0.2) is 10.2 Å². The number of phosphoric acid groups is 18.